The van der Waals surface area contributed by atoms with Gasteiger partial charge in [0.1, 0.15) is 0 Å². The van der Waals surface area contributed by atoms with Crippen LogP contribution in [0.3, 0.4) is 0 Å². The Labute approximate surface area is 181 Å². The van der Waals surface area contributed by atoms with Gasteiger partial charge in [-0.2, -0.15) is 13.2 Å². The van der Waals surface area contributed by atoms with Crippen LogP contribution in [0.5, 0.6) is 5.88 Å². The van der Waals surface area contributed by atoms with Crippen molar-refractivity contribution in [3.8, 4) is 5.88 Å². The van der Waals surface area contributed by atoms with Gasteiger partial charge in [0, 0.05) is 32.0 Å². The Kier molecular flexibility index (Phi) is 14.0. The maximum Gasteiger partial charge on any atom is 0.422 e. The van der Waals surface area contributed by atoms with Crippen LogP contribution >= 0.6 is 24.0 Å². The van der Waals surface area contributed by atoms with Crippen molar-refractivity contribution in [3.63, 3.8) is 0 Å². The van der Waals surface area contributed by atoms with Gasteiger partial charge in [-0.3, -0.25) is 0 Å². The molecule has 0 saturated carbocycles. The van der Waals surface area contributed by atoms with E-state index in [0.29, 0.717) is 38.1 Å². The molecule has 1 aromatic rings. The van der Waals surface area contributed by atoms with Crippen molar-refractivity contribution in [1.29, 1.82) is 0 Å². The third-order valence-corrected chi connectivity index (χ3v) is 3.32. The number of hydrogen-bond acceptors (Lipinski definition) is 4. The minimum atomic E-state index is -4.38. The fourth-order valence-electron chi connectivity index (χ4n) is 1.92. The highest BCUT2D eigenvalue weighted by Gasteiger charge is 2.28. The third-order valence-electron chi connectivity index (χ3n) is 3.32. The fourth-order valence-corrected chi connectivity index (χ4v) is 1.92. The molecule has 1 aromatic heterocycles. The van der Waals surface area contributed by atoms with Crippen LogP contribution in [0.2, 0.25) is 0 Å². The number of guanidine groups is 1. The van der Waals surface area contributed by atoms with Crippen molar-refractivity contribution in [2.45, 2.75) is 39.9 Å². The lowest BCUT2D eigenvalue weighted by Crippen LogP contribution is -2.39. The number of alkyl halides is 3. The molecule has 0 fully saturated rings. The molecule has 0 aromatic carbocycles. The van der Waals surface area contributed by atoms with E-state index >= 15 is 0 Å². The molecule has 0 aliphatic carbocycles. The molecule has 0 radical (unpaired) electrons. The number of aromatic nitrogens is 1. The van der Waals surface area contributed by atoms with Crippen molar-refractivity contribution in [1.82, 2.24) is 15.6 Å². The minimum Gasteiger partial charge on any atom is -0.468 e. The quantitative estimate of drug-likeness (QED) is 0.202. The summed E-state index contributed by atoms with van der Waals surface area (Å²) in [6.45, 7) is 7.93. The van der Waals surface area contributed by atoms with Gasteiger partial charge in [0.05, 0.1) is 13.2 Å². The van der Waals surface area contributed by atoms with E-state index in [9.17, 15) is 13.2 Å². The van der Waals surface area contributed by atoms with Gasteiger partial charge < -0.3 is 20.1 Å². The molecule has 0 amide bonds. The van der Waals surface area contributed by atoms with Gasteiger partial charge in [0.2, 0.25) is 5.88 Å². The van der Waals surface area contributed by atoms with E-state index in [1.165, 1.54) is 12.3 Å². The normalized spacial score (nSPS) is 11.9. The molecule has 162 valence electrons. The van der Waals surface area contributed by atoms with E-state index in [2.05, 4.69) is 39.2 Å². The summed E-state index contributed by atoms with van der Waals surface area (Å²) in [7, 11) is 0. The zero-order valence-electron chi connectivity index (χ0n) is 16.5. The van der Waals surface area contributed by atoms with E-state index in [-0.39, 0.29) is 29.9 Å². The first-order valence-corrected chi connectivity index (χ1v) is 9.04. The number of pyridine rings is 1. The highest BCUT2D eigenvalue weighted by Crippen LogP contribution is 2.17. The highest BCUT2D eigenvalue weighted by atomic mass is 127. The van der Waals surface area contributed by atoms with Gasteiger partial charge in [0.25, 0.3) is 0 Å². The molecule has 0 unspecified atom stereocenters. The summed E-state index contributed by atoms with van der Waals surface area (Å²) >= 11 is 0. The van der Waals surface area contributed by atoms with Gasteiger partial charge >= 0.3 is 6.18 Å². The maximum absolute atomic E-state index is 12.1. The molecule has 10 heteroatoms. The van der Waals surface area contributed by atoms with Crippen molar-refractivity contribution in [3.05, 3.63) is 23.9 Å². The topological polar surface area (TPSA) is 67.8 Å². The lowest BCUT2D eigenvalue weighted by molar-refractivity contribution is -0.154. The summed E-state index contributed by atoms with van der Waals surface area (Å²) < 4.78 is 46.5. The lowest BCUT2D eigenvalue weighted by atomic mass is 10.1. The van der Waals surface area contributed by atoms with Crippen LogP contribution in [0, 0.1) is 5.92 Å². The Morgan fingerprint density at radius 3 is 2.54 bits per heavy atom. The first-order chi connectivity index (χ1) is 12.8. The molecule has 28 heavy (non-hydrogen) atoms. The van der Waals surface area contributed by atoms with Crippen molar-refractivity contribution >= 4 is 29.9 Å². The fraction of sp³-hybridized carbons (Fsp3) is 0.667. The van der Waals surface area contributed by atoms with Crippen molar-refractivity contribution in [2.75, 3.05) is 32.9 Å². The molecule has 0 atom stereocenters. The molecule has 0 bridgehead atoms. The second-order valence-electron chi connectivity index (χ2n) is 6.33. The molecule has 0 aliphatic rings. The van der Waals surface area contributed by atoms with Crippen LogP contribution in [-0.4, -0.2) is 50.0 Å². The van der Waals surface area contributed by atoms with Gasteiger partial charge in [-0.05, 0) is 24.8 Å². The number of aliphatic imine (C=N–C) groups is 1. The van der Waals surface area contributed by atoms with Crippen LogP contribution in [-0.2, 0) is 11.3 Å². The number of rotatable bonds is 11. The van der Waals surface area contributed by atoms with Gasteiger partial charge in [-0.1, -0.05) is 19.9 Å². The van der Waals surface area contributed by atoms with Crippen molar-refractivity contribution in [2.24, 2.45) is 10.9 Å². The van der Waals surface area contributed by atoms with E-state index in [4.69, 9.17) is 4.74 Å². The summed E-state index contributed by atoms with van der Waals surface area (Å²) in [5, 5.41) is 6.29. The maximum atomic E-state index is 12.1. The largest absolute Gasteiger partial charge is 0.468 e. The Morgan fingerprint density at radius 2 is 1.96 bits per heavy atom. The average Bonchev–Trinajstić information content (AvgIpc) is 2.60. The van der Waals surface area contributed by atoms with E-state index in [0.717, 1.165) is 18.6 Å². The summed E-state index contributed by atoms with van der Waals surface area (Å²) in [5.41, 5.74) is 0.764. The second-order valence-corrected chi connectivity index (χ2v) is 6.33. The zero-order chi connectivity index (χ0) is 20.1. The first kappa shape index (κ1) is 26.7. The number of nitrogens with one attached hydrogen (secondary N) is 2. The van der Waals surface area contributed by atoms with Gasteiger partial charge in [-0.25, -0.2) is 9.98 Å². The van der Waals surface area contributed by atoms with Gasteiger partial charge in [-0.15, -0.1) is 24.0 Å². The monoisotopic (exact) mass is 518 g/mol. The summed E-state index contributed by atoms with van der Waals surface area (Å²) in [4.78, 5) is 8.29. The number of halogens is 4. The predicted octanol–water partition coefficient (Wildman–Crippen LogP) is 3.76. The van der Waals surface area contributed by atoms with Gasteiger partial charge in [0.15, 0.2) is 12.6 Å². The SMILES string of the molecule is CCNC(=NCc1ccc(OCC(F)(F)F)nc1)NCCOCCC(C)C.I. The highest BCUT2D eigenvalue weighted by molar-refractivity contribution is 14.0. The summed E-state index contributed by atoms with van der Waals surface area (Å²) in [6, 6.07) is 3.04. The molecule has 0 spiro atoms. The second kappa shape index (κ2) is 14.7. The molecule has 2 N–H and O–H groups in total. The molecular formula is C18H30F3IN4O2. The number of hydrogen-bond donors (Lipinski definition) is 2. The smallest absolute Gasteiger partial charge is 0.422 e. The Morgan fingerprint density at radius 1 is 1.21 bits per heavy atom. The zero-order valence-corrected chi connectivity index (χ0v) is 18.8. The van der Waals surface area contributed by atoms with E-state index in [1.54, 1.807) is 6.07 Å². The standard InChI is InChI=1S/C18H29F3N4O2.HI/c1-4-22-17(23-8-10-26-9-7-14(2)3)25-12-15-5-6-16(24-11-15)27-13-18(19,20)21;/h5-6,11,14H,4,7-10,12-13H2,1-3H3,(H2,22,23,25);1H. The molecule has 1 heterocycles. The Hall–Kier alpha value is -1.30. The van der Waals surface area contributed by atoms with Crippen LogP contribution in [0.15, 0.2) is 23.3 Å². The van der Waals surface area contributed by atoms with Crippen LogP contribution in [0.25, 0.3) is 0 Å². The van der Waals surface area contributed by atoms with Crippen LogP contribution in [0.1, 0.15) is 32.8 Å². The number of ether oxygens (including phenoxy) is 2. The van der Waals surface area contributed by atoms with Crippen LogP contribution in [0.4, 0.5) is 13.2 Å². The van der Waals surface area contributed by atoms with Crippen molar-refractivity contribution < 1.29 is 22.6 Å². The number of nitrogens with zero attached hydrogens (tertiary/aromatic N) is 2. The molecular weight excluding hydrogens is 488 g/mol. The first-order valence-electron chi connectivity index (χ1n) is 9.04. The average molecular weight is 518 g/mol. The molecule has 1 rings (SSSR count). The molecule has 6 nitrogen and oxygen atoms in total. The molecule has 0 aliphatic heterocycles. The summed E-state index contributed by atoms with van der Waals surface area (Å²) in [5.74, 6) is 1.20. The van der Waals surface area contributed by atoms with E-state index < -0.39 is 12.8 Å². The lowest BCUT2D eigenvalue weighted by Gasteiger charge is -2.12. The predicted molar refractivity (Wildman–Crippen MR) is 114 cm³/mol. The Bertz CT molecular complexity index is 555. The van der Waals surface area contributed by atoms with Crippen LogP contribution < -0.4 is 15.4 Å². The summed E-state index contributed by atoms with van der Waals surface area (Å²) in [6.07, 6.45) is -1.90. The third kappa shape index (κ3) is 13.8. The minimum absolute atomic E-state index is 0. The molecule has 0 saturated heterocycles. The van der Waals surface area contributed by atoms with E-state index in [1.807, 2.05) is 6.92 Å². The Balaban J connectivity index is 0.00000729.